The average molecular weight is 386 g/mol. The van der Waals surface area contributed by atoms with Crippen molar-refractivity contribution in [3.8, 4) is 0 Å². The summed E-state index contributed by atoms with van der Waals surface area (Å²) >= 11 is 0. The molecule has 5 atom stereocenters. The molecule has 3 N–H and O–H groups in total. The SMILES string of the molecule is CC1=C[C@H](n2cc3ccc(C(F)(F)F)cc3n2)[C@@H](C)[C@H](C(O)C(O)CO)O1. The zero-order valence-corrected chi connectivity index (χ0v) is 14.8. The van der Waals surface area contributed by atoms with Crippen molar-refractivity contribution in [1.82, 2.24) is 9.78 Å². The molecule has 3 rings (SSSR count). The van der Waals surface area contributed by atoms with E-state index < -0.39 is 42.7 Å². The van der Waals surface area contributed by atoms with Crippen molar-refractivity contribution in [2.75, 3.05) is 6.61 Å². The highest BCUT2D eigenvalue weighted by atomic mass is 19.4. The van der Waals surface area contributed by atoms with Crippen LogP contribution >= 0.6 is 0 Å². The lowest BCUT2D eigenvalue weighted by Gasteiger charge is -2.38. The van der Waals surface area contributed by atoms with E-state index in [0.29, 0.717) is 11.1 Å². The Labute approximate surface area is 153 Å². The smallest absolute Gasteiger partial charge is 0.416 e. The Bertz CT molecular complexity index is 849. The predicted octanol–water partition coefficient (Wildman–Crippen LogP) is 2.25. The third-order valence-electron chi connectivity index (χ3n) is 4.86. The molecule has 1 aromatic carbocycles. The summed E-state index contributed by atoms with van der Waals surface area (Å²) < 4.78 is 45.9. The standard InChI is InChI=1S/C18H21F3N2O4/c1-9-5-14(10(2)17(27-9)16(26)15(25)8-24)23-7-11-3-4-12(18(19,20)21)6-13(11)22-23/h3-7,10,14-17,24-26H,8H2,1-2H3/t10-,14+,15?,16?,17-/m1/s1. The van der Waals surface area contributed by atoms with Crippen molar-refractivity contribution in [3.63, 3.8) is 0 Å². The Morgan fingerprint density at radius 1 is 1.30 bits per heavy atom. The minimum absolute atomic E-state index is 0.210. The number of allylic oxidation sites excluding steroid dienone is 2. The van der Waals surface area contributed by atoms with Crippen molar-refractivity contribution in [2.24, 2.45) is 5.92 Å². The number of aliphatic hydroxyl groups is 3. The van der Waals surface area contributed by atoms with E-state index in [1.54, 1.807) is 26.1 Å². The fourth-order valence-electron chi connectivity index (χ4n) is 3.34. The first kappa shape index (κ1) is 19.7. The summed E-state index contributed by atoms with van der Waals surface area (Å²) in [6, 6.07) is 2.97. The van der Waals surface area contributed by atoms with E-state index in [4.69, 9.17) is 9.84 Å². The van der Waals surface area contributed by atoms with E-state index in [1.165, 1.54) is 10.7 Å². The van der Waals surface area contributed by atoms with E-state index >= 15 is 0 Å². The van der Waals surface area contributed by atoms with Gasteiger partial charge in [0.05, 0.1) is 29.5 Å². The molecule has 2 aromatic rings. The summed E-state index contributed by atoms with van der Waals surface area (Å²) in [5.74, 6) is 0.129. The molecule has 0 bridgehead atoms. The van der Waals surface area contributed by atoms with Crippen LogP contribution in [-0.4, -0.2) is 50.0 Å². The van der Waals surface area contributed by atoms with Gasteiger partial charge >= 0.3 is 6.18 Å². The zero-order chi connectivity index (χ0) is 19.9. The normalized spacial score (nSPS) is 25.8. The molecule has 1 aliphatic rings. The summed E-state index contributed by atoms with van der Waals surface area (Å²) in [4.78, 5) is 0. The molecule has 0 saturated carbocycles. The van der Waals surface area contributed by atoms with Crippen LogP contribution < -0.4 is 0 Å². The number of fused-ring (bicyclic) bond motifs is 1. The van der Waals surface area contributed by atoms with E-state index in [1.807, 2.05) is 0 Å². The topological polar surface area (TPSA) is 87.7 Å². The summed E-state index contributed by atoms with van der Waals surface area (Å²) in [7, 11) is 0. The maximum atomic E-state index is 12.9. The molecule has 2 heterocycles. The maximum Gasteiger partial charge on any atom is 0.416 e. The first-order valence-corrected chi connectivity index (χ1v) is 8.50. The molecule has 9 heteroatoms. The number of hydrogen-bond acceptors (Lipinski definition) is 5. The second-order valence-electron chi connectivity index (χ2n) is 6.83. The number of rotatable bonds is 4. The second kappa shape index (κ2) is 7.14. The van der Waals surface area contributed by atoms with Gasteiger partial charge in [-0.2, -0.15) is 18.3 Å². The third kappa shape index (κ3) is 3.80. The predicted molar refractivity (Wildman–Crippen MR) is 90.7 cm³/mol. The van der Waals surface area contributed by atoms with E-state index in [0.717, 1.165) is 12.1 Å². The number of alkyl halides is 3. The summed E-state index contributed by atoms with van der Waals surface area (Å²) in [6.45, 7) is 2.83. The highest BCUT2D eigenvalue weighted by Crippen LogP contribution is 2.36. The van der Waals surface area contributed by atoms with Gasteiger partial charge in [0.25, 0.3) is 0 Å². The molecule has 0 aliphatic carbocycles. The number of aliphatic hydroxyl groups excluding tert-OH is 3. The van der Waals surface area contributed by atoms with Crippen molar-refractivity contribution < 1.29 is 33.2 Å². The van der Waals surface area contributed by atoms with Gasteiger partial charge in [0.15, 0.2) is 0 Å². The quantitative estimate of drug-likeness (QED) is 0.750. The highest BCUT2D eigenvalue weighted by Gasteiger charge is 2.39. The summed E-state index contributed by atoms with van der Waals surface area (Å²) in [6.07, 6.45) is -4.54. The molecule has 0 amide bonds. The Kier molecular flexibility index (Phi) is 5.20. The molecule has 1 aliphatic heterocycles. The Balaban J connectivity index is 1.95. The van der Waals surface area contributed by atoms with Gasteiger partial charge < -0.3 is 20.1 Å². The minimum atomic E-state index is -4.45. The van der Waals surface area contributed by atoms with Gasteiger partial charge in [-0.05, 0) is 25.1 Å². The van der Waals surface area contributed by atoms with Crippen molar-refractivity contribution in [1.29, 1.82) is 0 Å². The minimum Gasteiger partial charge on any atom is -0.492 e. The van der Waals surface area contributed by atoms with E-state index in [2.05, 4.69) is 5.10 Å². The van der Waals surface area contributed by atoms with Crippen LogP contribution in [0.2, 0.25) is 0 Å². The molecule has 0 spiro atoms. The average Bonchev–Trinajstić information content (AvgIpc) is 3.04. The zero-order valence-electron chi connectivity index (χ0n) is 14.8. The molecule has 27 heavy (non-hydrogen) atoms. The van der Waals surface area contributed by atoms with Crippen molar-refractivity contribution in [2.45, 2.75) is 44.4 Å². The van der Waals surface area contributed by atoms with Gasteiger partial charge in [-0.25, -0.2) is 0 Å². The van der Waals surface area contributed by atoms with Crippen LogP contribution in [0.1, 0.15) is 25.5 Å². The van der Waals surface area contributed by atoms with Crippen LogP contribution in [0.15, 0.2) is 36.2 Å². The van der Waals surface area contributed by atoms with Gasteiger partial charge in [0, 0.05) is 17.5 Å². The first-order valence-electron chi connectivity index (χ1n) is 8.50. The Morgan fingerprint density at radius 3 is 2.63 bits per heavy atom. The van der Waals surface area contributed by atoms with Crippen molar-refractivity contribution in [3.05, 3.63) is 41.8 Å². The van der Waals surface area contributed by atoms with Crippen LogP contribution in [0, 0.1) is 5.92 Å². The molecule has 148 valence electrons. The van der Waals surface area contributed by atoms with Gasteiger partial charge in [0.2, 0.25) is 0 Å². The molecule has 0 saturated heterocycles. The van der Waals surface area contributed by atoms with Crippen LogP contribution in [-0.2, 0) is 10.9 Å². The molecule has 6 nitrogen and oxygen atoms in total. The lowest BCUT2D eigenvalue weighted by Crippen LogP contribution is -2.47. The number of ether oxygens (including phenoxy) is 1. The molecule has 1 aromatic heterocycles. The van der Waals surface area contributed by atoms with Gasteiger partial charge in [0.1, 0.15) is 18.3 Å². The summed E-state index contributed by atoms with van der Waals surface area (Å²) in [5, 5.41) is 33.9. The van der Waals surface area contributed by atoms with Crippen molar-refractivity contribution >= 4 is 10.9 Å². The maximum absolute atomic E-state index is 12.9. The van der Waals surface area contributed by atoms with Crippen LogP contribution in [0.25, 0.3) is 10.9 Å². The molecular formula is C18H21F3N2O4. The monoisotopic (exact) mass is 386 g/mol. The Hall–Kier alpha value is -2.10. The van der Waals surface area contributed by atoms with Crippen LogP contribution in [0.3, 0.4) is 0 Å². The van der Waals surface area contributed by atoms with E-state index in [9.17, 15) is 23.4 Å². The lowest BCUT2D eigenvalue weighted by atomic mass is 9.87. The van der Waals surface area contributed by atoms with E-state index in [-0.39, 0.29) is 11.4 Å². The summed E-state index contributed by atoms with van der Waals surface area (Å²) in [5.41, 5.74) is -0.562. The molecule has 2 unspecified atom stereocenters. The molecule has 0 fully saturated rings. The number of aromatic nitrogens is 2. The molecule has 0 radical (unpaired) electrons. The number of benzene rings is 1. The highest BCUT2D eigenvalue weighted by molar-refractivity contribution is 5.78. The van der Waals surface area contributed by atoms with Gasteiger partial charge in [-0.1, -0.05) is 13.0 Å². The fraction of sp³-hybridized carbons (Fsp3) is 0.500. The van der Waals surface area contributed by atoms with Gasteiger partial charge in [-0.3, -0.25) is 4.68 Å². The number of halogens is 3. The largest absolute Gasteiger partial charge is 0.492 e. The Morgan fingerprint density at radius 2 is 2.00 bits per heavy atom. The molecular weight excluding hydrogens is 365 g/mol. The first-order chi connectivity index (χ1) is 12.6. The van der Waals surface area contributed by atoms with Crippen LogP contribution in [0.5, 0.6) is 0 Å². The lowest BCUT2D eigenvalue weighted by molar-refractivity contribution is -0.137. The third-order valence-corrected chi connectivity index (χ3v) is 4.86. The second-order valence-corrected chi connectivity index (χ2v) is 6.83. The number of nitrogens with zero attached hydrogens (tertiary/aromatic N) is 2. The number of hydrogen-bond donors (Lipinski definition) is 3. The fourth-order valence-corrected chi connectivity index (χ4v) is 3.34. The van der Waals surface area contributed by atoms with Crippen LogP contribution in [0.4, 0.5) is 13.2 Å². The van der Waals surface area contributed by atoms with Gasteiger partial charge in [-0.15, -0.1) is 0 Å².